The highest BCUT2D eigenvalue weighted by molar-refractivity contribution is 9.11. The summed E-state index contributed by atoms with van der Waals surface area (Å²) in [6.45, 7) is 0.168. The molecule has 0 bridgehead atoms. The lowest BCUT2D eigenvalue weighted by atomic mass is 10.3. The molecule has 2 rings (SSSR count). The first-order valence-electron chi connectivity index (χ1n) is 5.18. The second-order valence-corrected chi connectivity index (χ2v) is 9.20. The van der Waals surface area contributed by atoms with Crippen molar-refractivity contribution in [3.05, 3.63) is 32.0 Å². The number of halogens is 1. The number of aromatic carboxylic acids is 1. The molecule has 0 aliphatic carbocycles. The first kappa shape index (κ1) is 15.6. The highest BCUT2D eigenvalue weighted by Crippen LogP contribution is 2.26. The first-order chi connectivity index (χ1) is 9.32. The second-order valence-electron chi connectivity index (χ2n) is 3.81. The number of hydrogen-bond donors (Lipinski definition) is 1. The van der Waals surface area contributed by atoms with E-state index in [9.17, 15) is 13.2 Å². The van der Waals surface area contributed by atoms with Crippen LogP contribution in [0, 0.1) is 0 Å². The molecule has 6 nitrogen and oxygen atoms in total. The van der Waals surface area contributed by atoms with Gasteiger partial charge in [-0.3, -0.25) is 0 Å². The third-order valence-electron chi connectivity index (χ3n) is 2.41. The molecule has 20 heavy (non-hydrogen) atoms. The quantitative estimate of drug-likeness (QED) is 0.838. The Kier molecular flexibility index (Phi) is 4.59. The number of hydrogen-bond acceptors (Lipinski definition) is 6. The fourth-order valence-corrected chi connectivity index (χ4v) is 5.16. The van der Waals surface area contributed by atoms with E-state index >= 15 is 0 Å². The number of sulfonamides is 1. The van der Waals surface area contributed by atoms with Crippen LogP contribution in [-0.4, -0.2) is 35.8 Å². The number of rotatable bonds is 5. The maximum atomic E-state index is 12.4. The Labute approximate surface area is 131 Å². The molecule has 0 saturated heterocycles. The topological polar surface area (TPSA) is 87.6 Å². The highest BCUT2D eigenvalue weighted by atomic mass is 79.9. The molecule has 1 N–H and O–H groups in total. The molecule has 0 atom stereocenters. The van der Waals surface area contributed by atoms with Crippen LogP contribution in [0.3, 0.4) is 0 Å². The summed E-state index contributed by atoms with van der Waals surface area (Å²) in [5.41, 5.74) is 1.61. The SMILES string of the molecule is CN(Cc1csc(Br)c1)S(=O)(=O)c1scnc1C(=O)O. The molecular formula is C10H9BrN2O4S3. The molecule has 108 valence electrons. The van der Waals surface area contributed by atoms with E-state index in [1.807, 2.05) is 11.4 Å². The van der Waals surface area contributed by atoms with Gasteiger partial charge in [-0.15, -0.1) is 22.7 Å². The van der Waals surface area contributed by atoms with Crippen LogP contribution in [0.25, 0.3) is 0 Å². The third kappa shape index (κ3) is 3.09. The minimum atomic E-state index is -3.86. The van der Waals surface area contributed by atoms with Gasteiger partial charge in [-0.05, 0) is 32.9 Å². The Morgan fingerprint density at radius 3 is 2.75 bits per heavy atom. The Hall–Kier alpha value is -0.810. The number of nitrogens with zero attached hydrogens (tertiary/aromatic N) is 2. The fraction of sp³-hybridized carbons (Fsp3) is 0.200. The summed E-state index contributed by atoms with van der Waals surface area (Å²) in [5, 5.41) is 10.8. The molecule has 2 heterocycles. The molecular weight excluding hydrogens is 388 g/mol. The van der Waals surface area contributed by atoms with Crippen molar-refractivity contribution >= 4 is 54.6 Å². The van der Waals surface area contributed by atoms with Gasteiger partial charge in [-0.25, -0.2) is 18.2 Å². The van der Waals surface area contributed by atoms with E-state index in [0.717, 1.165) is 25.0 Å². The van der Waals surface area contributed by atoms with Crippen molar-refractivity contribution in [1.29, 1.82) is 0 Å². The Balaban J connectivity index is 2.30. The van der Waals surface area contributed by atoms with Gasteiger partial charge in [0.05, 0.1) is 9.30 Å². The molecule has 2 aromatic heterocycles. The molecule has 0 aliphatic rings. The van der Waals surface area contributed by atoms with Crippen molar-refractivity contribution in [2.45, 2.75) is 10.8 Å². The van der Waals surface area contributed by atoms with Gasteiger partial charge in [0, 0.05) is 13.6 Å². The van der Waals surface area contributed by atoms with Crippen molar-refractivity contribution in [3.63, 3.8) is 0 Å². The summed E-state index contributed by atoms with van der Waals surface area (Å²) < 4.78 is 26.5. The van der Waals surface area contributed by atoms with E-state index in [-0.39, 0.29) is 10.8 Å². The monoisotopic (exact) mass is 396 g/mol. The Morgan fingerprint density at radius 1 is 1.50 bits per heavy atom. The van der Waals surface area contributed by atoms with Gasteiger partial charge in [0.15, 0.2) is 9.90 Å². The van der Waals surface area contributed by atoms with Gasteiger partial charge in [-0.1, -0.05) is 0 Å². The first-order valence-corrected chi connectivity index (χ1v) is 9.17. The van der Waals surface area contributed by atoms with Crippen LogP contribution in [-0.2, 0) is 16.6 Å². The number of thiophene rings is 1. The Bertz CT molecular complexity index is 737. The van der Waals surface area contributed by atoms with Crippen molar-refractivity contribution < 1.29 is 18.3 Å². The normalized spacial score (nSPS) is 11.9. The minimum Gasteiger partial charge on any atom is -0.476 e. The molecule has 10 heteroatoms. The number of carbonyl (C=O) groups is 1. The van der Waals surface area contributed by atoms with Gasteiger partial charge >= 0.3 is 5.97 Å². The zero-order valence-corrected chi connectivity index (χ0v) is 14.1. The largest absolute Gasteiger partial charge is 0.476 e. The smallest absolute Gasteiger partial charge is 0.356 e. The van der Waals surface area contributed by atoms with Crippen LogP contribution in [0.4, 0.5) is 0 Å². The summed E-state index contributed by atoms with van der Waals surface area (Å²) >= 11 is 5.56. The van der Waals surface area contributed by atoms with Crippen molar-refractivity contribution in [3.8, 4) is 0 Å². The van der Waals surface area contributed by atoms with Crippen LogP contribution >= 0.6 is 38.6 Å². The summed E-state index contributed by atoms with van der Waals surface area (Å²) in [6, 6.07) is 1.82. The van der Waals surface area contributed by atoms with Gasteiger partial charge in [0.2, 0.25) is 0 Å². The highest BCUT2D eigenvalue weighted by Gasteiger charge is 2.29. The van der Waals surface area contributed by atoms with Gasteiger partial charge in [-0.2, -0.15) is 4.31 Å². The summed E-state index contributed by atoms with van der Waals surface area (Å²) in [4.78, 5) is 14.6. The lowest BCUT2D eigenvalue weighted by molar-refractivity contribution is 0.0687. The zero-order chi connectivity index (χ0) is 14.9. The molecule has 0 saturated carbocycles. The minimum absolute atomic E-state index is 0.168. The Morgan fingerprint density at radius 2 is 2.20 bits per heavy atom. The number of carboxylic acids is 1. The van der Waals surface area contributed by atoms with E-state index in [1.165, 1.54) is 23.9 Å². The fourth-order valence-electron chi connectivity index (χ4n) is 1.47. The molecule has 0 unspecified atom stereocenters. The standard InChI is InChI=1S/C10H9BrN2O4S3/c1-13(3-6-2-7(11)18-4-6)20(16,17)10-8(9(14)15)12-5-19-10/h2,4-5H,3H2,1H3,(H,14,15). The van der Waals surface area contributed by atoms with E-state index in [2.05, 4.69) is 20.9 Å². The van der Waals surface area contributed by atoms with Crippen molar-refractivity contribution in [1.82, 2.24) is 9.29 Å². The lowest BCUT2D eigenvalue weighted by Crippen LogP contribution is -2.27. The molecule has 0 aliphatic heterocycles. The third-order valence-corrected chi connectivity index (χ3v) is 7.11. The van der Waals surface area contributed by atoms with Gasteiger partial charge in [0.25, 0.3) is 10.0 Å². The summed E-state index contributed by atoms with van der Waals surface area (Å²) in [5.74, 6) is -1.35. The van der Waals surface area contributed by atoms with Gasteiger partial charge in [0.1, 0.15) is 0 Å². The predicted octanol–water partition coefficient (Wildman–Crippen LogP) is 2.49. The molecule has 0 aromatic carbocycles. The summed E-state index contributed by atoms with van der Waals surface area (Å²) in [7, 11) is -2.45. The van der Waals surface area contributed by atoms with E-state index < -0.39 is 21.7 Å². The molecule has 0 fully saturated rings. The number of thiazole rings is 1. The molecule has 0 spiro atoms. The average molecular weight is 397 g/mol. The molecule has 2 aromatic rings. The molecule has 0 radical (unpaired) electrons. The average Bonchev–Trinajstić information content (AvgIpc) is 2.98. The summed E-state index contributed by atoms with van der Waals surface area (Å²) in [6.07, 6.45) is 0. The van der Waals surface area contributed by atoms with Crippen LogP contribution in [0.1, 0.15) is 16.1 Å². The van der Waals surface area contributed by atoms with E-state index in [0.29, 0.717) is 0 Å². The predicted molar refractivity (Wildman–Crippen MR) is 79.7 cm³/mol. The van der Waals surface area contributed by atoms with Crippen LogP contribution < -0.4 is 0 Å². The van der Waals surface area contributed by atoms with Crippen LogP contribution in [0.2, 0.25) is 0 Å². The van der Waals surface area contributed by atoms with Crippen molar-refractivity contribution in [2.75, 3.05) is 7.05 Å². The lowest BCUT2D eigenvalue weighted by Gasteiger charge is -2.15. The van der Waals surface area contributed by atoms with Crippen molar-refractivity contribution in [2.24, 2.45) is 0 Å². The number of carboxylic acid groups (broad SMARTS) is 1. The van der Waals surface area contributed by atoms with Crippen LogP contribution in [0.5, 0.6) is 0 Å². The van der Waals surface area contributed by atoms with E-state index in [1.54, 1.807) is 0 Å². The van der Waals surface area contributed by atoms with E-state index in [4.69, 9.17) is 5.11 Å². The molecule has 0 amide bonds. The van der Waals surface area contributed by atoms with Crippen LogP contribution in [0.15, 0.2) is 25.0 Å². The zero-order valence-electron chi connectivity index (χ0n) is 10.1. The maximum absolute atomic E-state index is 12.4. The van der Waals surface area contributed by atoms with Gasteiger partial charge < -0.3 is 5.11 Å². The second kappa shape index (κ2) is 5.90. The number of aromatic nitrogens is 1. The maximum Gasteiger partial charge on any atom is 0.356 e.